The lowest BCUT2D eigenvalue weighted by Crippen LogP contribution is -2.44. The van der Waals surface area contributed by atoms with Crippen LogP contribution in [0.15, 0.2) is 84.9 Å². The summed E-state index contributed by atoms with van der Waals surface area (Å²) < 4.78 is 12.5. The average Bonchev–Trinajstić information content (AvgIpc) is 3.56. The monoisotopic (exact) mass is 488 g/mol. The van der Waals surface area contributed by atoms with Crippen molar-refractivity contribution >= 4 is 22.7 Å². The maximum atomic E-state index is 13.3. The van der Waals surface area contributed by atoms with Crippen molar-refractivity contribution in [3.8, 4) is 0 Å². The van der Waals surface area contributed by atoms with Crippen LogP contribution in [0.5, 0.6) is 0 Å². The summed E-state index contributed by atoms with van der Waals surface area (Å²) >= 11 is 0. The highest BCUT2D eigenvalue weighted by Gasteiger charge is 2.64. The van der Waals surface area contributed by atoms with Gasteiger partial charge < -0.3 is 9.47 Å². The summed E-state index contributed by atoms with van der Waals surface area (Å²) in [5, 5.41) is 2.56. The van der Waals surface area contributed by atoms with Crippen molar-refractivity contribution < 1.29 is 19.1 Å². The van der Waals surface area contributed by atoms with Crippen LogP contribution in [0.25, 0.3) is 10.8 Å². The van der Waals surface area contributed by atoms with Crippen LogP contribution in [0.1, 0.15) is 61.2 Å². The number of carbonyl (C=O) groups excluding carboxylic acids is 2. The quantitative estimate of drug-likeness (QED) is 0.299. The minimum atomic E-state index is -0.487. The standard InChI is InChI=1S/C33H28O4/c1-18-9-13-21(14-10-18)32(34)36-30-25-17-26(31(30)37-33(35)22-15-11-19(2)12-16-22)29-24-8-4-6-20-5-3-7-23(27(20)24)28(25)29/h3-16,25-26,28-31H,17H2,1-2H3. The Morgan fingerprint density at radius 3 is 1.49 bits per heavy atom. The molecule has 4 aromatic rings. The molecular formula is C33H28O4. The Hall–Kier alpha value is -3.92. The third-order valence-corrected chi connectivity index (χ3v) is 8.77. The molecule has 4 heteroatoms. The summed E-state index contributed by atoms with van der Waals surface area (Å²) in [6.45, 7) is 3.98. The van der Waals surface area contributed by atoms with Gasteiger partial charge in [-0.1, -0.05) is 71.8 Å². The third kappa shape index (κ3) is 3.42. The molecule has 4 aromatic carbocycles. The average molecular weight is 489 g/mol. The van der Waals surface area contributed by atoms with Crippen LogP contribution in [0, 0.1) is 25.7 Å². The van der Waals surface area contributed by atoms with Crippen LogP contribution < -0.4 is 0 Å². The molecule has 3 aliphatic rings. The van der Waals surface area contributed by atoms with Gasteiger partial charge in [-0.15, -0.1) is 0 Å². The van der Waals surface area contributed by atoms with E-state index in [9.17, 15) is 9.59 Å². The molecule has 6 atom stereocenters. The number of carbonyl (C=O) groups is 2. The van der Waals surface area contributed by atoms with Gasteiger partial charge in [0, 0.05) is 11.8 Å². The fraction of sp³-hybridized carbons (Fsp3) is 0.273. The lowest BCUT2D eigenvalue weighted by molar-refractivity contribution is -0.0633. The summed E-state index contributed by atoms with van der Waals surface area (Å²) in [6.07, 6.45) is -0.101. The number of esters is 2. The molecule has 0 N–H and O–H groups in total. The van der Waals surface area contributed by atoms with Gasteiger partial charge in [0.1, 0.15) is 12.2 Å². The number of hydrogen-bond acceptors (Lipinski definition) is 4. The molecule has 0 aliphatic heterocycles. The SMILES string of the molecule is Cc1ccc(C(=O)OC2C3CC(C2OC(=O)c2ccc(C)cc2)C2c4cccc5cccc(c45)C32)cc1. The highest BCUT2D eigenvalue weighted by Crippen LogP contribution is 2.66. The molecule has 4 nitrogen and oxygen atoms in total. The van der Waals surface area contributed by atoms with Gasteiger partial charge in [-0.2, -0.15) is 0 Å². The minimum Gasteiger partial charge on any atom is -0.454 e. The maximum absolute atomic E-state index is 13.3. The van der Waals surface area contributed by atoms with E-state index in [0.29, 0.717) is 11.1 Å². The zero-order valence-corrected chi connectivity index (χ0v) is 20.9. The van der Waals surface area contributed by atoms with Crippen LogP contribution in [-0.4, -0.2) is 24.1 Å². The van der Waals surface area contributed by atoms with Gasteiger partial charge in [-0.25, -0.2) is 9.59 Å². The molecule has 0 aromatic heterocycles. The van der Waals surface area contributed by atoms with Crippen LogP contribution in [0.3, 0.4) is 0 Å². The minimum absolute atomic E-state index is 0.0956. The fourth-order valence-corrected chi connectivity index (χ4v) is 7.18. The molecule has 0 heterocycles. The Morgan fingerprint density at radius 1 is 0.622 bits per heavy atom. The molecule has 0 amide bonds. The molecule has 184 valence electrons. The van der Waals surface area contributed by atoms with E-state index in [2.05, 4.69) is 36.4 Å². The summed E-state index contributed by atoms with van der Waals surface area (Å²) in [4.78, 5) is 26.5. The first-order valence-corrected chi connectivity index (χ1v) is 13.1. The third-order valence-electron chi connectivity index (χ3n) is 8.77. The Balaban J connectivity index is 1.26. The lowest BCUT2D eigenvalue weighted by atomic mass is 9.75. The number of ether oxygens (including phenoxy) is 2. The summed E-state index contributed by atoms with van der Waals surface area (Å²) in [5.41, 5.74) is 5.88. The van der Waals surface area contributed by atoms with Gasteiger partial charge in [-0.05, 0) is 78.3 Å². The molecule has 7 rings (SSSR count). The Kier molecular flexibility index (Phi) is 5.00. The van der Waals surface area contributed by atoms with E-state index in [1.807, 2.05) is 38.1 Å². The molecule has 37 heavy (non-hydrogen) atoms. The van der Waals surface area contributed by atoms with E-state index in [-0.39, 0.29) is 35.6 Å². The van der Waals surface area contributed by atoms with Gasteiger partial charge >= 0.3 is 11.9 Å². The lowest BCUT2D eigenvalue weighted by Gasteiger charge is -2.38. The molecule has 0 radical (unpaired) electrons. The first-order chi connectivity index (χ1) is 18.0. The van der Waals surface area contributed by atoms with Crippen molar-refractivity contribution in [2.75, 3.05) is 0 Å². The van der Waals surface area contributed by atoms with Gasteiger partial charge in [0.15, 0.2) is 0 Å². The predicted octanol–water partition coefficient (Wildman–Crippen LogP) is 6.74. The van der Waals surface area contributed by atoms with Gasteiger partial charge in [-0.3, -0.25) is 0 Å². The first-order valence-electron chi connectivity index (χ1n) is 13.1. The van der Waals surface area contributed by atoms with E-state index in [0.717, 1.165) is 17.5 Å². The second-order valence-corrected chi connectivity index (χ2v) is 10.9. The molecule has 0 spiro atoms. The van der Waals surface area contributed by atoms with Crippen molar-refractivity contribution in [1.29, 1.82) is 0 Å². The van der Waals surface area contributed by atoms with Crippen LogP contribution in [0.4, 0.5) is 0 Å². The zero-order chi connectivity index (χ0) is 25.3. The van der Waals surface area contributed by atoms with E-state index < -0.39 is 12.2 Å². The van der Waals surface area contributed by atoms with E-state index >= 15 is 0 Å². The summed E-state index contributed by atoms with van der Waals surface area (Å²) in [7, 11) is 0. The smallest absolute Gasteiger partial charge is 0.338 e. The zero-order valence-electron chi connectivity index (χ0n) is 20.9. The van der Waals surface area contributed by atoms with Gasteiger partial charge in [0.25, 0.3) is 0 Å². The van der Waals surface area contributed by atoms with Crippen LogP contribution in [0.2, 0.25) is 0 Å². The van der Waals surface area contributed by atoms with Crippen molar-refractivity contribution in [2.24, 2.45) is 11.8 Å². The number of aryl methyl sites for hydroxylation is 2. The molecule has 2 fully saturated rings. The molecule has 2 bridgehead atoms. The normalized spacial score (nSPS) is 26.8. The number of benzene rings is 4. The van der Waals surface area contributed by atoms with Crippen LogP contribution >= 0.6 is 0 Å². The van der Waals surface area contributed by atoms with Crippen LogP contribution in [-0.2, 0) is 9.47 Å². The molecule has 2 saturated carbocycles. The van der Waals surface area contributed by atoms with Crippen molar-refractivity contribution in [1.82, 2.24) is 0 Å². The highest BCUT2D eigenvalue weighted by atomic mass is 16.6. The van der Waals surface area contributed by atoms with E-state index in [1.54, 1.807) is 24.3 Å². The van der Waals surface area contributed by atoms with Gasteiger partial charge in [0.2, 0.25) is 0 Å². The largest absolute Gasteiger partial charge is 0.454 e. The molecule has 6 unspecified atom stereocenters. The van der Waals surface area contributed by atoms with E-state index in [1.165, 1.54) is 21.9 Å². The fourth-order valence-electron chi connectivity index (χ4n) is 7.18. The highest BCUT2D eigenvalue weighted by molar-refractivity contribution is 5.93. The van der Waals surface area contributed by atoms with Crippen molar-refractivity contribution in [3.05, 3.63) is 118 Å². The van der Waals surface area contributed by atoms with Crippen molar-refractivity contribution in [2.45, 2.75) is 44.3 Å². The first kappa shape index (κ1) is 22.3. The Bertz CT molecular complexity index is 1420. The second kappa shape index (κ2) is 8.31. The summed E-state index contributed by atoms with van der Waals surface area (Å²) in [5.74, 6) is -0.0117. The number of hydrogen-bond donors (Lipinski definition) is 0. The molecule has 3 aliphatic carbocycles. The molecular weight excluding hydrogens is 460 g/mol. The predicted molar refractivity (Wildman–Crippen MR) is 142 cm³/mol. The Labute approximate surface area is 216 Å². The molecule has 0 saturated heterocycles. The summed E-state index contributed by atoms with van der Waals surface area (Å²) in [6, 6.07) is 27.9. The topological polar surface area (TPSA) is 52.6 Å². The van der Waals surface area contributed by atoms with E-state index in [4.69, 9.17) is 9.47 Å². The number of fused-ring (bicyclic) bond motifs is 7. The number of rotatable bonds is 4. The second-order valence-electron chi connectivity index (χ2n) is 10.9. The van der Waals surface area contributed by atoms with Crippen molar-refractivity contribution in [3.63, 3.8) is 0 Å². The maximum Gasteiger partial charge on any atom is 0.338 e. The Morgan fingerprint density at radius 2 is 1.05 bits per heavy atom. The van der Waals surface area contributed by atoms with Gasteiger partial charge in [0.05, 0.1) is 11.1 Å².